The third-order valence-electron chi connectivity index (χ3n) is 3.63. The lowest BCUT2D eigenvalue weighted by molar-refractivity contribution is -0.120. The topological polar surface area (TPSA) is 99.4 Å². The number of pyridine rings is 1. The van der Waals surface area contributed by atoms with Crippen LogP contribution >= 0.6 is 0 Å². The average Bonchev–Trinajstić information content (AvgIpc) is 3.15. The van der Waals surface area contributed by atoms with Crippen molar-refractivity contribution in [2.75, 3.05) is 14.2 Å². The minimum absolute atomic E-state index is 0.0217. The van der Waals surface area contributed by atoms with Crippen LogP contribution in [0.4, 0.5) is 0 Å². The van der Waals surface area contributed by atoms with E-state index in [1.165, 1.54) is 0 Å². The largest absolute Gasteiger partial charge is 0.497 e. The number of carbonyl (C=O) groups excluding carboxylic acids is 1. The number of nitrogens with zero attached hydrogens (tertiary/aromatic N) is 3. The molecule has 0 unspecified atom stereocenters. The highest BCUT2D eigenvalue weighted by atomic mass is 16.5. The number of methoxy groups -OCH3 is 2. The maximum atomic E-state index is 12.2. The van der Waals surface area contributed by atoms with Gasteiger partial charge in [-0.3, -0.25) is 9.78 Å². The predicted molar refractivity (Wildman–Crippen MR) is 92.6 cm³/mol. The molecular weight excluding hydrogens is 336 g/mol. The van der Waals surface area contributed by atoms with Crippen molar-refractivity contribution >= 4 is 5.91 Å². The Bertz CT molecular complexity index is 880. The number of benzene rings is 1. The van der Waals surface area contributed by atoms with Crippen LogP contribution in [0, 0.1) is 0 Å². The van der Waals surface area contributed by atoms with Gasteiger partial charge in [0.25, 0.3) is 5.89 Å². The summed E-state index contributed by atoms with van der Waals surface area (Å²) >= 11 is 0. The first-order valence-corrected chi connectivity index (χ1v) is 7.91. The molecule has 134 valence electrons. The van der Waals surface area contributed by atoms with Crippen LogP contribution in [0.25, 0.3) is 11.6 Å². The lowest BCUT2D eigenvalue weighted by Crippen LogP contribution is -2.25. The molecule has 2 heterocycles. The number of hydrogen-bond acceptors (Lipinski definition) is 7. The van der Waals surface area contributed by atoms with E-state index in [4.69, 9.17) is 13.9 Å². The maximum Gasteiger partial charge on any atom is 0.266 e. The third-order valence-corrected chi connectivity index (χ3v) is 3.63. The van der Waals surface area contributed by atoms with Crippen LogP contribution in [0.15, 0.2) is 47.0 Å². The lowest BCUT2D eigenvalue weighted by Gasteiger charge is -2.11. The first-order valence-electron chi connectivity index (χ1n) is 7.91. The molecule has 0 spiro atoms. The smallest absolute Gasteiger partial charge is 0.266 e. The molecule has 0 saturated heterocycles. The molecule has 3 aromatic rings. The molecule has 1 N–H and O–H groups in total. The Hall–Kier alpha value is -3.42. The van der Waals surface area contributed by atoms with Gasteiger partial charge in [-0.05, 0) is 30.3 Å². The number of carbonyl (C=O) groups is 1. The summed E-state index contributed by atoms with van der Waals surface area (Å²) in [6, 6.07) is 10.8. The number of aromatic nitrogens is 3. The van der Waals surface area contributed by atoms with Crippen molar-refractivity contribution in [3.8, 4) is 23.1 Å². The summed E-state index contributed by atoms with van der Waals surface area (Å²) in [6.45, 7) is 0.292. The summed E-state index contributed by atoms with van der Waals surface area (Å²) in [7, 11) is 3.16. The van der Waals surface area contributed by atoms with Crippen LogP contribution in [0.3, 0.4) is 0 Å². The van der Waals surface area contributed by atoms with Crippen molar-refractivity contribution in [1.82, 2.24) is 20.5 Å². The van der Waals surface area contributed by atoms with E-state index in [1.54, 1.807) is 44.7 Å². The maximum absolute atomic E-state index is 12.2. The van der Waals surface area contributed by atoms with E-state index in [9.17, 15) is 4.79 Å². The molecule has 1 amide bonds. The van der Waals surface area contributed by atoms with Crippen molar-refractivity contribution in [2.24, 2.45) is 0 Å². The summed E-state index contributed by atoms with van der Waals surface area (Å²) in [4.78, 5) is 16.3. The Kier molecular flexibility index (Phi) is 5.43. The lowest BCUT2D eigenvalue weighted by atomic mass is 10.2. The molecule has 2 aromatic heterocycles. The van der Waals surface area contributed by atoms with Gasteiger partial charge in [0, 0.05) is 18.3 Å². The van der Waals surface area contributed by atoms with Crippen LogP contribution in [0.2, 0.25) is 0 Å². The van der Waals surface area contributed by atoms with Gasteiger partial charge in [-0.1, -0.05) is 6.07 Å². The summed E-state index contributed by atoms with van der Waals surface area (Å²) in [5.41, 5.74) is 1.37. The van der Waals surface area contributed by atoms with Crippen LogP contribution in [-0.4, -0.2) is 35.3 Å². The molecule has 0 bridgehead atoms. The normalized spacial score (nSPS) is 10.4. The van der Waals surface area contributed by atoms with Gasteiger partial charge in [-0.2, -0.15) is 0 Å². The van der Waals surface area contributed by atoms with E-state index >= 15 is 0 Å². The zero-order valence-corrected chi connectivity index (χ0v) is 14.4. The third kappa shape index (κ3) is 4.15. The van der Waals surface area contributed by atoms with Crippen molar-refractivity contribution in [2.45, 2.75) is 13.0 Å². The van der Waals surface area contributed by atoms with Gasteiger partial charge in [-0.25, -0.2) is 0 Å². The SMILES string of the molecule is COc1ccc(OC)c(CNC(=O)Cc2nnc(-c3ccccn3)o2)c1. The molecule has 0 aliphatic heterocycles. The minimum Gasteiger partial charge on any atom is -0.497 e. The molecule has 3 rings (SSSR count). The minimum atomic E-state index is -0.244. The van der Waals surface area contributed by atoms with Crippen LogP contribution in [0.1, 0.15) is 11.5 Å². The Morgan fingerprint density at radius 1 is 1.15 bits per heavy atom. The highest BCUT2D eigenvalue weighted by Crippen LogP contribution is 2.23. The van der Waals surface area contributed by atoms with E-state index in [0.29, 0.717) is 23.7 Å². The van der Waals surface area contributed by atoms with Crippen LogP contribution in [0.5, 0.6) is 11.5 Å². The van der Waals surface area contributed by atoms with E-state index in [1.807, 2.05) is 12.1 Å². The van der Waals surface area contributed by atoms with Gasteiger partial charge in [0.1, 0.15) is 23.6 Å². The number of hydrogen-bond donors (Lipinski definition) is 1. The highest BCUT2D eigenvalue weighted by Gasteiger charge is 2.14. The predicted octanol–water partition coefficient (Wildman–Crippen LogP) is 2.01. The van der Waals surface area contributed by atoms with Gasteiger partial charge in [-0.15, -0.1) is 10.2 Å². The number of nitrogens with one attached hydrogen (secondary N) is 1. The van der Waals surface area contributed by atoms with Gasteiger partial charge >= 0.3 is 0 Å². The molecule has 0 saturated carbocycles. The van der Waals surface area contributed by atoms with E-state index in [2.05, 4.69) is 20.5 Å². The quantitative estimate of drug-likeness (QED) is 0.693. The molecule has 0 atom stereocenters. The second-order valence-electron chi connectivity index (χ2n) is 5.35. The molecule has 0 aliphatic carbocycles. The Morgan fingerprint density at radius 3 is 2.77 bits per heavy atom. The first-order chi connectivity index (χ1) is 12.7. The fraction of sp³-hybridized carbons (Fsp3) is 0.222. The second-order valence-corrected chi connectivity index (χ2v) is 5.35. The van der Waals surface area contributed by atoms with Crippen LogP contribution < -0.4 is 14.8 Å². The van der Waals surface area contributed by atoms with Gasteiger partial charge in [0.2, 0.25) is 11.8 Å². The second kappa shape index (κ2) is 8.11. The fourth-order valence-corrected chi connectivity index (χ4v) is 2.33. The monoisotopic (exact) mass is 354 g/mol. The molecular formula is C18H18N4O4. The van der Waals surface area contributed by atoms with E-state index in [0.717, 1.165) is 5.56 Å². The zero-order chi connectivity index (χ0) is 18.4. The summed E-state index contributed by atoms with van der Waals surface area (Å²) in [5, 5.41) is 10.6. The standard InChI is InChI=1S/C18H18N4O4/c1-24-13-6-7-15(25-2)12(9-13)11-20-16(23)10-17-21-22-18(26-17)14-5-3-4-8-19-14/h3-9H,10-11H2,1-2H3,(H,20,23). The number of ether oxygens (including phenoxy) is 2. The van der Waals surface area contributed by atoms with Crippen LogP contribution in [-0.2, 0) is 17.8 Å². The summed E-state index contributed by atoms with van der Waals surface area (Å²) in [6.07, 6.45) is 1.61. The molecule has 26 heavy (non-hydrogen) atoms. The van der Waals surface area contributed by atoms with Crippen molar-refractivity contribution in [1.29, 1.82) is 0 Å². The molecule has 0 radical (unpaired) electrons. The molecule has 1 aromatic carbocycles. The van der Waals surface area contributed by atoms with Gasteiger partial charge in [0.15, 0.2) is 0 Å². The van der Waals surface area contributed by atoms with Gasteiger partial charge < -0.3 is 19.2 Å². The summed E-state index contributed by atoms with van der Waals surface area (Å²) in [5.74, 6) is 1.61. The van der Waals surface area contributed by atoms with Crippen molar-refractivity contribution < 1.29 is 18.7 Å². The molecule has 0 aliphatic rings. The molecule has 8 nitrogen and oxygen atoms in total. The Morgan fingerprint density at radius 2 is 2.04 bits per heavy atom. The number of rotatable bonds is 7. The van der Waals surface area contributed by atoms with Crippen molar-refractivity contribution in [3.05, 3.63) is 54.0 Å². The summed E-state index contributed by atoms with van der Waals surface area (Å²) < 4.78 is 16.0. The molecule has 8 heteroatoms. The van der Waals surface area contributed by atoms with Gasteiger partial charge in [0.05, 0.1) is 14.2 Å². The first kappa shape index (κ1) is 17.4. The van der Waals surface area contributed by atoms with Crippen molar-refractivity contribution in [3.63, 3.8) is 0 Å². The number of amides is 1. The van der Waals surface area contributed by atoms with E-state index < -0.39 is 0 Å². The fourth-order valence-electron chi connectivity index (χ4n) is 2.33. The van der Waals surface area contributed by atoms with E-state index in [-0.39, 0.29) is 24.1 Å². The Labute approximate surface area is 150 Å². The highest BCUT2D eigenvalue weighted by molar-refractivity contribution is 5.77. The molecule has 0 fully saturated rings. The average molecular weight is 354 g/mol. The Balaban J connectivity index is 1.61. The zero-order valence-electron chi connectivity index (χ0n) is 14.4.